The molecule has 1 aromatic carbocycles. The lowest BCUT2D eigenvalue weighted by Crippen LogP contribution is -2.57. The second-order valence-electron chi connectivity index (χ2n) is 16.3. The van der Waals surface area contributed by atoms with Crippen LogP contribution in [0.2, 0.25) is 0 Å². The molecule has 1 spiro atoms. The van der Waals surface area contributed by atoms with Gasteiger partial charge in [0.25, 0.3) is 5.92 Å². The van der Waals surface area contributed by atoms with Gasteiger partial charge in [-0.2, -0.15) is 0 Å². The summed E-state index contributed by atoms with van der Waals surface area (Å²) in [4.78, 5) is 50.2. The largest absolute Gasteiger partial charge is 0.350 e. The summed E-state index contributed by atoms with van der Waals surface area (Å²) in [7, 11) is 0. The first-order chi connectivity index (χ1) is 23.2. The lowest BCUT2D eigenvalue weighted by molar-refractivity contribution is -0.144. The van der Waals surface area contributed by atoms with E-state index in [4.69, 9.17) is 0 Å². The number of carbonyl (C=O) groups is 3. The quantitative estimate of drug-likeness (QED) is 0.293. The highest BCUT2D eigenvalue weighted by molar-refractivity contribution is 7.13. The summed E-state index contributed by atoms with van der Waals surface area (Å²) in [6.45, 7) is 11.0. The van der Waals surface area contributed by atoms with Crippen molar-refractivity contribution < 1.29 is 23.2 Å². The molecule has 2 aliphatic heterocycles. The molecule has 3 amide bonds. The second-order valence-corrected chi connectivity index (χ2v) is 17.2. The minimum absolute atomic E-state index is 0.0405. The number of likely N-dealkylation sites (tertiary alicyclic amines) is 2. The van der Waals surface area contributed by atoms with E-state index in [1.54, 1.807) is 16.2 Å². The molecule has 4 fully saturated rings. The number of hydrogen-bond acceptors (Lipinski definition) is 6. The number of rotatable bonds is 10. The van der Waals surface area contributed by atoms with Crippen LogP contribution in [-0.4, -0.2) is 76.7 Å². The molecule has 3 atom stereocenters. The maximum atomic E-state index is 14.0. The fourth-order valence-electron chi connectivity index (χ4n) is 8.24. The fourth-order valence-corrected chi connectivity index (χ4v) is 9.05. The van der Waals surface area contributed by atoms with Crippen molar-refractivity contribution in [2.24, 2.45) is 22.7 Å². The van der Waals surface area contributed by atoms with E-state index in [9.17, 15) is 23.2 Å². The molecule has 3 unspecified atom stereocenters. The Bertz CT molecular complexity index is 1490. The Morgan fingerprint density at radius 2 is 1.69 bits per heavy atom. The molecule has 0 bridgehead atoms. The van der Waals surface area contributed by atoms with E-state index in [2.05, 4.69) is 20.5 Å². The van der Waals surface area contributed by atoms with Crippen LogP contribution >= 0.6 is 11.3 Å². The van der Waals surface area contributed by atoms with E-state index in [0.29, 0.717) is 32.5 Å². The Kier molecular flexibility index (Phi) is 10.5. The van der Waals surface area contributed by atoms with E-state index in [1.807, 2.05) is 57.5 Å². The number of carbonyl (C=O) groups excluding carboxylic acids is 3. The highest BCUT2D eigenvalue weighted by atomic mass is 32.1. The molecule has 2 saturated carbocycles. The van der Waals surface area contributed by atoms with Crippen molar-refractivity contribution in [1.29, 1.82) is 0 Å². The Labute approximate surface area is 293 Å². The van der Waals surface area contributed by atoms with Gasteiger partial charge < -0.3 is 20.4 Å². The number of thiazole rings is 1. The van der Waals surface area contributed by atoms with Crippen molar-refractivity contribution >= 4 is 29.1 Å². The van der Waals surface area contributed by atoms with Gasteiger partial charge in [-0.05, 0) is 99.3 Å². The van der Waals surface area contributed by atoms with Crippen LogP contribution < -0.4 is 10.6 Å². The van der Waals surface area contributed by atoms with Crippen molar-refractivity contribution in [3.05, 3.63) is 41.0 Å². The summed E-state index contributed by atoms with van der Waals surface area (Å²) in [5, 5.41) is 6.14. The van der Waals surface area contributed by atoms with Crippen LogP contribution in [0.4, 0.5) is 8.78 Å². The molecule has 268 valence electrons. The molecular formula is C38H53F2N5O3S. The average molecular weight is 698 g/mol. The number of benzene rings is 1. The van der Waals surface area contributed by atoms with Gasteiger partial charge in [0, 0.05) is 38.4 Å². The maximum Gasteiger partial charge on any atom is 0.252 e. The summed E-state index contributed by atoms with van der Waals surface area (Å²) in [5.74, 6) is -3.10. The Morgan fingerprint density at radius 1 is 1.02 bits per heavy atom. The molecule has 2 N–H and O–H groups in total. The molecule has 2 aliphatic carbocycles. The number of alkyl halides is 2. The van der Waals surface area contributed by atoms with Crippen molar-refractivity contribution in [1.82, 2.24) is 25.4 Å². The summed E-state index contributed by atoms with van der Waals surface area (Å²) >= 11 is 1.61. The Balaban J connectivity index is 0.974. The lowest BCUT2D eigenvalue weighted by atomic mass is 9.65. The third-order valence-corrected chi connectivity index (χ3v) is 12.7. The topological polar surface area (TPSA) is 94.6 Å². The number of aromatic nitrogens is 1. The fraction of sp³-hybridized carbons (Fsp3) is 0.684. The van der Waals surface area contributed by atoms with Gasteiger partial charge in [-0.1, -0.05) is 45.0 Å². The third-order valence-electron chi connectivity index (χ3n) is 11.7. The first-order valence-corrected chi connectivity index (χ1v) is 19.1. The van der Waals surface area contributed by atoms with E-state index in [0.717, 1.165) is 79.7 Å². The Hall–Kier alpha value is -2.92. The van der Waals surface area contributed by atoms with Gasteiger partial charge in [0.1, 0.15) is 12.1 Å². The van der Waals surface area contributed by atoms with E-state index in [1.165, 1.54) is 0 Å². The van der Waals surface area contributed by atoms with Crippen molar-refractivity contribution in [2.45, 2.75) is 116 Å². The van der Waals surface area contributed by atoms with Gasteiger partial charge in [-0.15, -0.1) is 11.3 Å². The summed E-state index contributed by atoms with van der Waals surface area (Å²) in [6.07, 6.45) is 7.97. The number of halogens is 2. The lowest BCUT2D eigenvalue weighted by Gasteiger charge is -2.46. The predicted molar refractivity (Wildman–Crippen MR) is 188 cm³/mol. The summed E-state index contributed by atoms with van der Waals surface area (Å²) in [5.41, 5.74) is 4.67. The van der Waals surface area contributed by atoms with Crippen LogP contribution in [0.3, 0.4) is 0 Å². The van der Waals surface area contributed by atoms with E-state index < -0.39 is 29.3 Å². The molecule has 8 nitrogen and oxygen atoms in total. The zero-order chi connectivity index (χ0) is 35.0. The average Bonchev–Trinajstić information content (AvgIpc) is 3.41. The highest BCUT2D eigenvalue weighted by Gasteiger charge is 2.57. The number of nitrogens with zero attached hydrogens (tertiary/aromatic N) is 3. The van der Waals surface area contributed by atoms with Crippen molar-refractivity contribution in [3.63, 3.8) is 0 Å². The van der Waals surface area contributed by atoms with E-state index >= 15 is 0 Å². The van der Waals surface area contributed by atoms with Crippen LogP contribution in [0.25, 0.3) is 10.4 Å². The minimum Gasteiger partial charge on any atom is -0.350 e. The summed E-state index contributed by atoms with van der Waals surface area (Å²) in [6, 6.07) is 6.82. The predicted octanol–water partition coefficient (Wildman–Crippen LogP) is 6.57. The second kappa shape index (κ2) is 14.4. The first-order valence-electron chi connectivity index (χ1n) is 18.2. The molecule has 2 saturated heterocycles. The first kappa shape index (κ1) is 35.9. The normalized spacial score (nSPS) is 24.5. The molecule has 11 heteroatoms. The van der Waals surface area contributed by atoms with Crippen molar-refractivity contribution in [3.8, 4) is 10.4 Å². The molecule has 0 radical (unpaired) electrons. The van der Waals surface area contributed by atoms with E-state index in [-0.39, 0.29) is 35.5 Å². The van der Waals surface area contributed by atoms with Crippen molar-refractivity contribution in [2.75, 3.05) is 26.2 Å². The van der Waals surface area contributed by atoms with Gasteiger partial charge >= 0.3 is 0 Å². The molecule has 3 heterocycles. The number of nitrogens with one attached hydrogen (secondary N) is 2. The number of aryl methyl sites for hydroxylation is 1. The third kappa shape index (κ3) is 8.52. The minimum atomic E-state index is -2.45. The zero-order valence-corrected chi connectivity index (χ0v) is 30.3. The Morgan fingerprint density at radius 3 is 2.29 bits per heavy atom. The summed E-state index contributed by atoms with van der Waals surface area (Å²) < 4.78 is 26.8. The SMILES string of the molecule is Cc1ncsc1-c1ccc(CNC(=O)C2CCCN2C(=O)C(NC(=O)CC2CCC3(CC2)CCN(CC2CC2(F)F)CC3)C(C)(C)C)cc1. The van der Waals surface area contributed by atoms with Gasteiger partial charge in [-0.3, -0.25) is 14.4 Å². The van der Waals surface area contributed by atoms with Crippen LogP contribution in [0, 0.1) is 29.6 Å². The van der Waals surface area contributed by atoms with Gasteiger partial charge in [0.2, 0.25) is 17.7 Å². The highest BCUT2D eigenvalue weighted by Crippen LogP contribution is 2.51. The standard InChI is InChI=1S/C38H53F2N5O3S/c1-25-32(49-24-42-25)28-9-7-27(8-10-28)22-41-34(47)30-6-5-17-45(30)35(48)33(36(2,3)4)43-31(46)20-26-11-13-37(14-12-26)15-18-44(19-16-37)23-29-21-38(29,39)40/h7-10,24,26,29-30,33H,5-6,11-23H2,1-4H3,(H,41,47)(H,43,46). The molecule has 49 heavy (non-hydrogen) atoms. The monoisotopic (exact) mass is 697 g/mol. The van der Waals surface area contributed by atoms with Gasteiger partial charge in [0.15, 0.2) is 0 Å². The number of amides is 3. The maximum absolute atomic E-state index is 14.0. The molecule has 2 aromatic rings. The number of piperidine rings is 1. The molecule has 1 aromatic heterocycles. The zero-order valence-electron chi connectivity index (χ0n) is 29.5. The van der Waals surface area contributed by atoms with Crippen LogP contribution in [0.5, 0.6) is 0 Å². The number of hydrogen-bond donors (Lipinski definition) is 2. The van der Waals surface area contributed by atoms with Crippen LogP contribution in [0.1, 0.15) is 96.2 Å². The smallest absolute Gasteiger partial charge is 0.252 e. The van der Waals surface area contributed by atoms with Gasteiger partial charge in [-0.25, -0.2) is 13.8 Å². The van der Waals surface area contributed by atoms with Crippen LogP contribution in [0.15, 0.2) is 29.8 Å². The van der Waals surface area contributed by atoms with Gasteiger partial charge in [0.05, 0.1) is 16.1 Å². The van der Waals surface area contributed by atoms with Crippen LogP contribution in [-0.2, 0) is 20.9 Å². The molecular weight excluding hydrogens is 645 g/mol. The molecule has 6 rings (SSSR count). The molecule has 4 aliphatic rings.